The Morgan fingerprint density at radius 3 is 2.06 bits per heavy atom. The highest BCUT2D eigenvalue weighted by Crippen LogP contribution is 2.27. The number of rotatable bonds is 6. The molecule has 2 aromatic carbocycles. The summed E-state index contributed by atoms with van der Waals surface area (Å²) in [5.74, 6) is -0.296. The molecule has 1 amide bonds. The number of carbonyl (C=O) groups excluding carboxylic acids is 1. The molecular formula is C27H29F3N4O2. The van der Waals surface area contributed by atoms with Crippen molar-refractivity contribution in [3.05, 3.63) is 77.1 Å². The number of aryl methyl sites for hydroxylation is 2. The fourth-order valence-corrected chi connectivity index (χ4v) is 4.91. The van der Waals surface area contributed by atoms with Gasteiger partial charge in [0, 0.05) is 49.8 Å². The molecule has 5 rings (SSSR count). The number of hydrogen-bond donors (Lipinski definition) is 2. The Bertz CT molecular complexity index is 1160. The van der Waals surface area contributed by atoms with Crippen molar-refractivity contribution in [2.75, 3.05) is 36.0 Å². The Morgan fingerprint density at radius 1 is 0.889 bits per heavy atom. The minimum Gasteiger partial charge on any atom is -0.406 e. The van der Waals surface area contributed by atoms with Gasteiger partial charge in [0.2, 0.25) is 0 Å². The summed E-state index contributed by atoms with van der Waals surface area (Å²) in [5, 5.41) is 3.00. The molecule has 0 atom stereocenters. The highest BCUT2D eigenvalue weighted by Gasteiger charge is 2.31. The lowest BCUT2D eigenvalue weighted by Crippen LogP contribution is -2.46. The van der Waals surface area contributed by atoms with Gasteiger partial charge < -0.3 is 24.8 Å². The zero-order chi connectivity index (χ0) is 25.1. The molecule has 0 bridgehead atoms. The summed E-state index contributed by atoms with van der Waals surface area (Å²) in [7, 11) is 0. The topological polar surface area (TPSA) is 60.6 Å². The van der Waals surface area contributed by atoms with E-state index in [1.165, 1.54) is 36.2 Å². The highest BCUT2D eigenvalue weighted by molar-refractivity contribution is 5.92. The van der Waals surface area contributed by atoms with Crippen LogP contribution < -0.4 is 19.9 Å². The van der Waals surface area contributed by atoms with E-state index < -0.39 is 6.36 Å². The first-order valence-electron chi connectivity index (χ1n) is 12.3. The summed E-state index contributed by atoms with van der Waals surface area (Å²) in [4.78, 5) is 20.3. The SMILES string of the molecule is O=C(NCc1ccc(N2CCN(c3ccc(OC(F)(F)F)cc3)CC2)cc1)c1cc2c([nH]1)CCCC2. The van der Waals surface area contributed by atoms with Gasteiger partial charge in [-0.3, -0.25) is 4.79 Å². The van der Waals surface area contributed by atoms with Crippen LogP contribution in [0.15, 0.2) is 54.6 Å². The number of fused-ring (bicyclic) bond motifs is 1. The van der Waals surface area contributed by atoms with Gasteiger partial charge in [0.1, 0.15) is 11.4 Å². The summed E-state index contributed by atoms with van der Waals surface area (Å²) in [5.41, 5.74) is 6.11. The minimum atomic E-state index is -4.68. The molecule has 2 aliphatic rings. The largest absolute Gasteiger partial charge is 0.573 e. The van der Waals surface area contributed by atoms with Gasteiger partial charge in [0.15, 0.2) is 0 Å². The molecular weight excluding hydrogens is 469 g/mol. The van der Waals surface area contributed by atoms with Crippen LogP contribution in [-0.2, 0) is 19.4 Å². The smallest absolute Gasteiger partial charge is 0.406 e. The molecule has 1 aromatic heterocycles. The molecule has 0 spiro atoms. The molecule has 6 nitrogen and oxygen atoms in total. The van der Waals surface area contributed by atoms with E-state index in [-0.39, 0.29) is 11.7 Å². The number of benzene rings is 2. The number of carbonyl (C=O) groups is 1. The second-order valence-corrected chi connectivity index (χ2v) is 9.26. The van der Waals surface area contributed by atoms with Gasteiger partial charge in [0.05, 0.1) is 0 Å². The van der Waals surface area contributed by atoms with Crippen LogP contribution in [0, 0.1) is 0 Å². The van der Waals surface area contributed by atoms with Crippen LogP contribution in [0.1, 0.15) is 40.2 Å². The average Bonchev–Trinajstić information content (AvgIpc) is 3.32. The zero-order valence-electron chi connectivity index (χ0n) is 19.9. The lowest BCUT2D eigenvalue weighted by atomic mass is 9.98. The fourth-order valence-electron chi connectivity index (χ4n) is 4.91. The van der Waals surface area contributed by atoms with Crippen LogP contribution in [0.2, 0.25) is 0 Å². The maximum Gasteiger partial charge on any atom is 0.573 e. The molecule has 36 heavy (non-hydrogen) atoms. The second kappa shape index (κ2) is 10.2. The van der Waals surface area contributed by atoms with Gasteiger partial charge in [-0.2, -0.15) is 0 Å². The van der Waals surface area contributed by atoms with E-state index in [2.05, 4.69) is 37.0 Å². The molecule has 3 aromatic rings. The number of aromatic amines is 1. The number of H-pyrrole nitrogens is 1. The van der Waals surface area contributed by atoms with E-state index in [1.807, 2.05) is 18.2 Å². The van der Waals surface area contributed by atoms with Crippen molar-refractivity contribution in [2.45, 2.75) is 38.6 Å². The first kappa shape index (κ1) is 24.1. The summed E-state index contributed by atoms with van der Waals surface area (Å²) in [6, 6.07) is 16.2. The van der Waals surface area contributed by atoms with Gasteiger partial charge >= 0.3 is 6.36 Å². The van der Waals surface area contributed by atoms with Crippen LogP contribution in [0.3, 0.4) is 0 Å². The predicted molar refractivity (Wildman–Crippen MR) is 133 cm³/mol. The number of halogens is 3. The van der Waals surface area contributed by atoms with E-state index in [0.717, 1.165) is 56.0 Å². The summed E-state index contributed by atoms with van der Waals surface area (Å²) >= 11 is 0. The van der Waals surface area contributed by atoms with Crippen molar-refractivity contribution >= 4 is 17.3 Å². The van der Waals surface area contributed by atoms with Crippen molar-refractivity contribution < 1.29 is 22.7 Å². The van der Waals surface area contributed by atoms with E-state index in [4.69, 9.17) is 0 Å². The average molecular weight is 499 g/mol. The Kier molecular flexibility index (Phi) is 6.80. The van der Waals surface area contributed by atoms with Gasteiger partial charge in [-0.05, 0) is 79.3 Å². The molecule has 1 aliphatic carbocycles. The van der Waals surface area contributed by atoms with Gasteiger partial charge in [0.25, 0.3) is 5.91 Å². The number of ether oxygens (including phenoxy) is 1. The number of nitrogens with zero attached hydrogens (tertiary/aromatic N) is 2. The number of piperazine rings is 1. The van der Waals surface area contributed by atoms with Crippen LogP contribution in [0.25, 0.3) is 0 Å². The lowest BCUT2D eigenvalue weighted by molar-refractivity contribution is -0.274. The van der Waals surface area contributed by atoms with E-state index >= 15 is 0 Å². The van der Waals surface area contributed by atoms with Crippen molar-refractivity contribution in [3.8, 4) is 5.75 Å². The molecule has 0 unspecified atom stereocenters. The molecule has 0 radical (unpaired) electrons. The molecule has 2 heterocycles. The Balaban J connectivity index is 1.10. The maximum absolute atomic E-state index is 12.6. The standard InChI is InChI=1S/C27H29F3N4O2/c28-27(29,30)36-23-11-9-22(10-12-23)34-15-13-33(14-16-34)21-7-5-19(6-8-21)18-31-26(35)25-17-20-3-1-2-4-24(20)32-25/h5-12,17,32H,1-4,13-16,18H2,(H,31,35). The monoisotopic (exact) mass is 498 g/mol. The molecule has 1 aliphatic heterocycles. The Hall–Kier alpha value is -3.62. The third-order valence-corrected chi connectivity index (χ3v) is 6.83. The third kappa shape index (κ3) is 5.78. The minimum absolute atomic E-state index is 0.0809. The number of aromatic nitrogens is 1. The van der Waals surface area contributed by atoms with Gasteiger partial charge in [-0.25, -0.2) is 0 Å². The maximum atomic E-state index is 12.6. The second-order valence-electron chi connectivity index (χ2n) is 9.26. The van der Waals surface area contributed by atoms with E-state index in [9.17, 15) is 18.0 Å². The Labute approximate surface area is 208 Å². The van der Waals surface area contributed by atoms with Crippen molar-refractivity contribution in [2.24, 2.45) is 0 Å². The molecule has 190 valence electrons. The number of anilines is 2. The third-order valence-electron chi connectivity index (χ3n) is 6.83. The van der Waals surface area contributed by atoms with Crippen LogP contribution in [0.5, 0.6) is 5.75 Å². The zero-order valence-corrected chi connectivity index (χ0v) is 19.9. The summed E-state index contributed by atoms with van der Waals surface area (Å²) in [6.07, 6.45) is -0.277. The normalized spacial score (nSPS) is 16.0. The lowest BCUT2D eigenvalue weighted by Gasteiger charge is -2.37. The molecule has 0 saturated carbocycles. The summed E-state index contributed by atoms with van der Waals surface area (Å²) < 4.78 is 41.0. The molecule has 1 saturated heterocycles. The molecule has 2 N–H and O–H groups in total. The van der Waals surface area contributed by atoms with Gasteiger partial charge in [-0.15, -0.1) is 13.2 Å². The highest BCUT2D eigenvalue weighted by atomic mass is 19.4. The number of nitrogens with one attached hydrogen (secondary N) is 2. The van der Waals surface area contributed by atoms with Crippen LogP contribution in [0.4, 0.5) is 24.5 Å². The predicted octanol–water partition coefficient (Wildman–Crippen LogP) is 5.05. The molecule has 9 heteroatoms. The number of alkyl halides is 3. The first-order chi connectivity index (χ1) is 17.3. The number of amides is 1. The van der Waals surface area contributed by atoms with Crippen LogP contribution in [-0.4, -0.2) is 43.4 Å². The van der Waals surface area contributed by atoms with Crippen molar-refractivity contribution in [1.82, 2.24) is 10.3 Å². The number of hydrogen-bond acceptors (Lipinski definition) is 4. The van der Waals surface area contributed by atoms with Crippen molar-refractivity contribution in [1.29, 1.82) is 0 Å². The van der Waals surface area contributed by atoms with Crippen LogP contribution >= 0.6 is 0 Å². The molecule has 1 fully saturated rings. The van der Waals surface area contributed by atoms with Crippen molar-refractivity contribution in [3.63, 3.8) is 0 Å². The summed E-state index contributed by atoms with van der Waals surface area (Å²) in [6.45, 7) is 3.59. The Morgan fingerprint density at radius 2 is 1.47 bits per heavy atom. The quantitative estimate of drug-likeness (QED) is 0.500. The first-order valence-corrected chi connectivity index (χ1v) is 12.3. The van der Waals surface area contributed by atoms with E-state index in [0.29, 0.717) is 12.2 Å². The van der Waals surface area contributed by atoms with Gasteiger partial charge in [-0.1, -0.05) is 12.1 Å². The van der Waals surface area contributed by atoms with E-state index in [1.54, 1.807) is 12.1 Å². The fraction of sp³-hybridized carbons (Fsp3) is 0.370.